The Labute approximate surface area is 109 Å². The normalized spacial score (nSPS) is 10.2. The Morgan fingerprint density at radius 3 is 2.71 bits per heavy atom. The highest BCUT2D eigenvalue weighted by atomic mass is 79.9. The lowest BCUT2D eigenvalue weighted by molar-refractivity contribution is 0.0695. The fourth-order valence-corrected chi connectivity index (χ4v) is 1.71. The third-order valence-electron chi connectivity index (χ3n) is 2.18. The van der Waals surface area contributed by atoms with Gasteiger partial charge in [0.1, 0.15) is 5.75 Å². The number of methoxy groups -OCH3 is 1. The van der Waals surface area contributed by atoms with Gasteiger partial charge in [-0.1, -0.05) is 0 Å². The summed E-state index contributed by atoms with van der Waals surface area (Å²) in [6.07, 6.45) is 1.81. The number of aromatic carboxylic acids is 1. The molecule has 0 amide bonds. The molecular weight excluding hydrogens is 288 g/mol. The number of carboxylic acids is 1. The molecule has 0 spiro atoms. The van der Waals surface area contributed by atoms with Crippen LogP contribution < -0.4 is 4.74 Å². The zero-order valence-electron chi connectivity index (χ0n) is 9.61. The molecule has 5 heteroatoms. The Morgan fingerprint density at radius 1 is 1.35 bits per heavy atom. The maximum Gasteiger partial charge on any atom is 0.336 e. The summed E-state index contributed by atoms with van der Waals surface area (Å²) in [4.78, 5) is 10.9. The van der Waals surface area contributed by atoms with Crippen LogP contribution in [0.1, 0.15) is 23.2 Å². The molecule has 0 aliphatic carbocycles. The lowest BCUT2D eigenvalue weighted by atomic mass is 10.2. The second kappa shape index (κ2) is 7.29. The van der Waals surface area contributed by atoms with Crippen LogP contribution in [0.5, 0.6) is 5.75 Å². The minimum atomic E-state index is -0.971. The number of ether oxygens (including phenoxy) is 2. The molecule has 0 heterocycles. The number of hydrogen-bond acceptors (Lipinski definition) is 3. The number of carbonyl (C=O) groups is 1. The molecule has 0 saturated heterocycles. The van der Waals surface area contributed by atoms with Crippen molar-refractivity contribution in [1.29, 1.82) is 0 Å². The fraction of sp³-hybridized carbons (Fsp3) is 0.417. The van der Waals surface area contributed by atoms with E-state index in [-0.39, 0.29) is 5.56 Å². The molecule has 0 bridgehead atoms. The number of benzene rings is 1. The number of hydrogen-bond donors (Lipinski definition) is 1. The summed E-state index contributed by atoms with van der Waals surface area (Å²) < 4.78 is 10.9. The van der Waals surface area contributed by atoms with Crippen molar-refractivity contribution < 1.29 is 19.4 Å². The predicted octanol–water partition coefficient (Wildman–Crippen LogP) is 2.95. The standard InChI is InChI=1S/C12H15BrO4/c1-16-6-2-3-7-17-9-4-5-11(13)10(8-9)12(14)15/h4-5,8H,2-3,6-7H2,1H3,(H,14,15). The van der Waals surface area contributed by atoms with Crippen LogP contribution in [0, 0.1) is 0 Å². The summed E-state index contributed by atoms with van der Waals surface area (Å²) in [7, 11) is 1.66. The molecule has 0 atom stereocenters. The van der Waals surface area contributed by atoms with E-state index in [4.69, 9.17) is 14.6 Å². The van der Waals surface area contributed by atoms with Crippen molar-refractivity contribution in [2.24, 2.45) is 0 Å². The topological polar surface area (TPSA) is 55.8 Å². The highest BCUT2D eigenvalue weighted by Gasteiger charge is 2.09. The van der Waals surface area contributed by atoms with E-state index in [1.807, 2.05) is 0 Å². The van der Waals surface area contributed by atoms with Gasteiger partial charge >= 0.3 is 5.97 Å². The Kier molecular flexibility index (Phi) is 6.00. The highest BCUT2D eigenvalue weighted by Crippen LogP contribution is 2.22. The number of unbranched alkanes of at least 4 members (excludes halogenated alkanes) is 1. The van der Waals surface area contributed by atoms with Crippen LogP contribution >= 0.6 is 15.9 Å². The molecule has 0 fully saturated rings. The average Bonchev–Trinajstić information content (AvgIpc) is 2.30. The molecule has 1 N–H and O–H groups in total. The summed E-state index contributed by atoms with van der Waals surface area (Å²) in [5.74, 6) is -0.398. The minimum absolute atomic E-state index is 0.208. The van der Waals surface area contributed by atoms with E-state index in [0.29, 0.717) is 23.4 Å². The molecule has 0 aliphatic heterocycles. The monoisotopic (exact) mass is 302 g/mol. The van der Waals surface area contributed by atoms with Crippen molar-refractivity contribution in [2.45, 2.75) is 12.8 Å². The number of carboxylic acid groups (broad SMARTS) is 1. The molecule has 0 unspecified atom stereocenters. The Hall–Kier alpha value is -1.07. The molecule has 1 aromatic rings. The van der Waals surface area contributed by atoms with Gasteiger partial charge in [-0.3, -0.25) is 0 Å². The van der Waals surface area contributed by atoms with Crippen molar-refractivity contribution in [3.8, 4) is 5.75 Å². The molecule has 0 aromatic heterocycles. The van der Waals surface area contributed by atoms with Gasteiger partial charge in [-0.2, -0.15) is 0 Å². The summed E-state index contributed by atoms with van der Waals surface area (Å²) in [6.45, 7) is 1.27. The lowest BCUT2D eigenvalue weighted by Crippen LogP contribution is -2.02. The quantitative estimate of drug-likeness (QED) is 0.787. The third-order valence-corrected chi connectivity index (χ3v) is 2.87. The third kappa shape index (κ3) is 4.75. The zero-order valence-corrected chi connectivity index (χ0v) is 11.2. The van der Waals surface area contributed by atoms with E-state index in [2.05, 4.69) is 15.9 Å². The Morgan fingerprint density at radius 2 is 2.06 bits per heavy atom. The molecular formula is C12H15BrO4. The van der Waals surface area contributed by atoms with Gasteiger partial charge in [0.25, 0.3) is 0 Å². The van der Waals surface area contributed by atoms with E-state index in [0.717, 1.165) is 12.8 Å². The molecule has 0 radical (unpaired) electrons. The molecule has 1 aromatic carbocycles. The van der Waals surface area contributed by atoms with Crippen LogP contribution in [0.3, 0.4) is 0 Å². The van der Waals surface area contributed by atoms with E-state index in [9.17, 15) is 4.79 Å². The van der Waals surface area contributed by atoms with Gasteiger partial charge in [-0.15, -0.1) is 0 Å². The number of rotatable bonds is 7. The first-order valence-electron chi connectivity index (χ1n) is 5.29. The van der Waals surface area contributed by atoms with Crippen LogP contribution in [0.2, 0.25) is 0 Å². The first-order chi connectivity index (χ1) is 8.15. The Balaban J connectivity index is 2.49. The van der Waals surface area contributed by atoms with Gasteiger partial charge in [0.05, 0.1) is 12.2 Å². The van der Waals surface area contributed by atoms with E-state index < -0.39 is 5.97 Å². The predicted molar refractivity (Wildman–Crippen MR) is 67.7 cm³/mol. The number of halogens is 1. The molecule has 0 aliphatic rings. The van der Waals surface area contributed by atoms with Crippen LogP contribution in [0.4, 0.5) is 0 Å². The SMILES string of the molecule is COCCCCOc1ccc(Br)c(C(=O)O)c1. The largest absolute Gasteiger partial charge is 0.494 e. The molecule has 1 rings (SSSR count). The smallest absolute Gasteiger partial charge is 0.336 e. The molecule has 94 valence electrons. The Bertz CT molecular complexity index is 379. The van der Waals surface area contributed by atoms with Gasteiger partial charge in [-0.05, 0) is 47.0 Å². The molecule has 4 nitrogen and oxygen atoms in total. The zero-order chi connectivity index (χ0) is 12.7. The van der Waals surface area contributed by atoms with Crippen LogP contribution in [0.15, 0.2) is 22.7 Å². The van der Waals surface area contributed by atoms with Crippen molar-refractivity contribution in [2.75, 3.05) is 20.3 Å². The summed E-state index contributed by atoms with van der Waals surface area (Å²) in [5.41, 5.74) is 0.208. The summed E-state index contributed by atoms with van der Waals surface area (Å²) >= 11 is 3.18. The van der Waals surface area contributed by atoms with Crippen LogP contribution in [-0.2, 0) is 4.74 Å². The molecule has 17 heavy (non-hydrogen) atoms. The first-order valence-corrected chi connectivity index (χ1v) is 6.09. The first kappa shape index (κ1) is 14.0. The van der Waals surface area contributed by atoms with Gasteiger partial charge < -0.3 is 14.6 Å². The van der Waals surface area contributed by atoms with Crippen LogP contribution in [-0.4, -0.2) is 31.4 Å². The average molecular weight is 303 g/mol. The maximum absolute atomic E-state index is 10.9. The minimum Gasteiger partial charge on any atom is -0.494 e. The summed E-state index contributed by atoms with van der Waals surface area (Å²) in [5, 5.41) is 8.93. The highest BCUT2D eigenvalue weighted by molar-refractivity contribution is 9.10. The van der Waals surface area contributed by atoms with E-state index in [1.165, 1.54) is 6.07 Å². The van der Waals surface area contributed by atoms with Gasteiger partial charge in [0, 0.05) is 18.2 Å². The lowest BCUT2D eigenvalue weighted by Gasteiger charge is -2.07. The van der Waals surface area contributed by atoms with Crippen LogP contribution in [0.25, 0.3) is 0 Å². The fourth-order valence-electron chi connectivity index (χ4n) is 1.30. The van der Waals surface area contributed by atoms with Crippen molar-refractivity contribution in [1.82, 2.24) is 0 Å². The second-order valence-corrected chi connectivity index (χ2v) is 4.35. The second-order valence-electron chi connectivity index (χ2n) is 3.50. The van der Waals surface area contributed by atoms with Gasteiger partial charge in [-0.25, -0.2) is 4.79 Å². The maximum atomic E-state index is 10.9. The van der Waals surface area contributed by atoms with Gasteiger partial charge in [0.2, 0.25) is 0 Å². The van der Waals surface area contributed by atoms with Crippen molar-refractivity contribution in [3.05, 3.63) is 28.2 Å². The van der Waals surface area contributed by atoms with Crippen molar-refractivity contribution >= 4 is 21.9 Å². The summed E-state index contributed by atoms with van der Waals surface area (Å²) in [6, 6.07) is 4.93. The van der Waals surface area contributed by atoms with Gasteiger partial charge in [0.15, 0.2) is 0 Å². The molecule has 0 saturated carbocycles. The van der Waals surface area contributed by atoms with E-state index in [1.54, 1.807) is 19.2 Å². The van der Waals surface area contributed by atoms with E-state index >= 15 is 0 Å². The van der Waals surface area contributed by atoms with Crippen molar-refractivity contribution in [3.63, 3.8) is 0 Å².